The Bertz CT molecular complexity index is 111. The first-order valence-corrected chi connectivity index (χ1v) is 6.35. The molecule has 11 heavy (non-hydrogen) atoms. The van der Waals surface area contributed by atoms with E-state index in [1.54, 1.807) is 0 Å². The molecule has 0 aliphatic heterocycles. The van der Waals surface area contributed by atoms with Crippen LogP contribution in [0.5, 0.6) is 0 Å². The maximum Gasteiger partial charge on any atom is -0.0179 e. The first kappa shape index (κ1) is 11.4. The Morgan fingerprint density at radius 1 is 1.00 bits per heavy atom. The second kappa shape index (κ2) is 3.90. The Morgan fingerprint density at radius 2 is 1.36 bits per heavy atom. The van der Waals surface area contributed by atoms with E-state index in [9.17, 15) is 0 Å². The van der Waals surface area contributed by atoms with Crippen LogP contribution in [0.1, 0.15) is 41.5 Å². The molecular weight excluding hydrogens is 151 g/mol. The molecule has 0 fully saturated rings. The van der Waals surface area contributed by atoms with Gasteiger partial charge in [-0.05, 0) is 23.4 Å². The van der Waals surface area contributed by atoms with Crippen molar-refractivity contribution in [2.24, 2.45) is 5.92 Å². The highest BCUT2D eigenvalue weighted by Gasteiger charge is 2.26. The molecule has 0 spiro atoms. The molecule has 0 aliphatic carbocycles. The SMILES string of the molecule is CC(C)C(C)P(C)C(C)(C)C. The average Bonchev–Trinajstić information content (AvgIpc) is 1.82. The normalized spacial score (nSPS) is 18.5. The van der Waals surface area contributed by atoms with E-state index in [1.165, 1.54) is 0 Å². The summed E-state index contributed by atoms with van der Waals surface area (Å²) >= 11 is 0. The van der Waals surface area contributed by atoms with Gasteiger partial charge in [0.15, 0.2) is 0 Å². The molecule has 0 aromatic heterocycles. The minimum atomic E-state index is 0.178. The molecule has 68 valence electrons. The predicted molar refractivity (Wildman–Crippen MR) is 56.9 cm³/mol. The highest BCUT2D eigenvalue weighted by atomic mass is 31.1. The Balaban J connectivity index is 4.13. The molecular formula is C10H23P. The van der Waals surface area contributed by atoms with Gasteiger partial charge in [0.05, 0.1) is 0 Å². The van der Waals surface area contributed by atoms with Crippen LogP contribution in [0.3, 0.4) is 0 Å². The van der Waals surface area contributed by atoms with E-state index in [2.05, 4.69) is 48.2 Å². The van der Waals surface area contributed by atoms with Gasteiger partial charge in [-0.15, -0.1) is 7.92 Å². The summed E-state index contributed by atoms with van der Waals surface area (Å²) in [4.78, 5) is 0. The lowest BCUT2D eigenvalue weighted by atomic mass is 10.1. The summed E-state index contributed by atoms with van der Waals surface area (Å²) in [5, 5.41) is 0.527. The molecule has 0 nitrogen and oxygen atoms in total. The van der Waals surface area contributed by atoms with Gasteiger partial charge in [-0.2, -0.15) is 0 Å². The lowest BCUT2D eigenvalue weighted by Crippen LogP contribution is -2.21. The van der Waals surface area contributed by atoms with Crippen molar-refractivity contribution in [3.8, 4) is 0 Å². The second-order valence-corrected chi connectivity index (χ2v) is 8.14. The lowest BCUT2D eigenvalue weighted by molar-refractivity contribution is 0.619. The van der Waals surface area contributed by atoms with E-state index in [1.807, 2.05) is 0 Å². The molecule has 2 atom stereocenters. The molecule has 0 saturated heterocycles. The maximum absolute atomic E-state index is 2.43. The predicted octanol–water partition coefficient (Wildman–Crippen LogP) is 3.94. The third kappa shape index (κ3) is 3.56. The molecule has 0 saturated carbocycles. The molecule has 2 unspecified atom stereocenters. The van der Waals surface area contributed by atoms with Gasteiger partial charge < -0.3 is 0 Å². The highest BCUT2D eigenvalue weighted by Crippen LogP contribution is 2.52. The fraction of sp³-hybridized carbons (Fsp3) is 1.00. The van der Waals surface area contributed by atoms with E-state index in [4.69, 9.17) is 0 Å². The molecule has 0 bridgehead atoms. The maximum atomic E-state index is 2.43. The molecule has 0 aliphatic rings. The fourth-order valence-corrected chi connectivity index (χ4v) is 3.17. The molecule has 0 aromatic rings. The smallest absolute Gasteiger partial charge is 0.0179 e. The topological polar surface area (TPSA) is 0 Å². The van der Waals surface area contributed by atoms with Crippen molar-refractivity contribution in [2.45, 2.75) is 52.4 Å². The summed E-state index contributed by atoms with van der Waals surface area (Å²) in [6.45, 7) is 16.6. The minimum Gasteiger partial charge on any atom is -0.101 e. The van der Waals surface area contributed by atoms with Crippen LogP contribution in [0.25, 0.3) is 0 Å². The van der Waals surface area contributed by atoms with E-state index >= 15 is 0 Å². The number of hydrogen-bond donors (Lipinski definition) is 0. The van der Waals surface area contributed by atoms with Crippen LogP contribution in [-0.2, 0) is 0 Å². The summed E-state index contributed by atoms with van der Waals surface area (Å²) in [7, 11) is 0.178. The Labute approximate surface area is 73.5 Å². The van der Waals surface area contributed by atoms with Crippen molar-refractivity contribution >= 4 is 7.92 Å². The van der Waals surface area contributed by atoms with E-state index in [0.29, 0.717) is 5.16 Å². The second-order valence-electron chi connectivity index (χ2n) is 4.77. The zero-order chi connectivity index (χ0) is 9.23. The van der Waals surface area contributed by atoms with Gasteiger partial charge in [0.25, 0.3) is 0 Å². The molecule has 1 heteroatoms. The summed E-state index contributed by atoms with van der Waals surface area (Å²) in [5.74, 6) is 0.838. The number of rotatable bonds is 2. The van der Waals surface area contributed by atoms with Crippen LogP contribution in [-0.4, -0.2) is 17.5 Å². The van der Waals surface area contributed by atoms with Gasteiger partial charge in [-0.3, -0.25) is 0 Å². The standard InChI is InChI=1S/C10H23P/c1-8(2)9(3)11(7)10(4,5)6/h8-9H,1-7H3. The minimum absolute atomic E-state index is 0.178. The summed E-state index contributed by atoms with van der Waals surface area (Å²) in [6, 6.07) is 0. The van der Waals surface area contributed by atoms with Crippen LogP contribution in [0.4, 0.5) is 0 Å². The first-order chi connectivity index (χ1) is 4.76. The zero-order valence-corrected chi connectivity index (χ0v) is 10.00. The monoisotopic (exact) mass is 174 g/mol. The van der Waals surface area contributed by atoms with Crippen LogP contribution in [0, 0.1) is 5.92 Å². The van der Waals surface area contributed by atoms with Gasteiger partial charge >= 0.3 is 0 Å². The summed E-state index contributed by atoms with van der Waals surface area (Å²) in [5.41, 5.74) is 0.894. The summed E-state index contributed by atoms with van der Waals surface area (Å²) < 4.78 is 0. The van der Waals surface area contributed by atoms with Gasteiger partial charge in [-0.25, -0.2) is 0 Å². The van der Waals surface area contributed by atoms with Gasteiger partial charge in [0.2, 0.25) is 0 Å². The molecule has 0 amide bonds. The van der Waals surface area contributed by atoms with Crippen molar-refractivity contribution in [3.05, 3.63) is 0 Å². The van der Waals surface area contributed by atoms with Crippen molar-refractivity contribution in [2.75, 3.05) is 6.66 Å². The van der Waals surface area contributed by atoms with Gasteiger partial charge in [-0.1, -0.05) is 41.5 Å². The first-order valence-electron chi connectivity index (χ1n) is 4.49. The van der Waals surface area contributed by atoms with E-state index < -0.39 is 0 Å². The molecule has 0 aromatic carbocycles. The Kier molecular flexibility index (Phi) is 4.05. The van der Waals surface area contributed by atoms with Crippen LogP contribution in [0.15, 0.2) is 0 Å². The summed E-state index contributed by atoms with van der Waals surface area (Å²) in [6.07, 6.45) is 0. The van der Waals surface area contributed by atoms with E-state index in [0.717, 1.165) is 11.6 Å². The molecule has 0 heterocycles. The third-order valence-electron chi connectivity index (χ3n) is 2.63. The van der Waals surface area contributed by atoms with Crippen molar-refractivity contribution in [3.63, 3.8) is 0 Å². The van der Waals surface area contributed by atoms with E-state index in [-0.39, 0.29) is 7.92 Å². The quantitative estimate of drug-likeness (QED) is 0.556. The fourth-order valence-electron chi connectivity index (χ4n) is 1.06. The molecule has 0 N–H and O–H groups in total. The third-order valence-corrected chi connectivity index (χ3v) is 6.57. The largest absolute Gasteiger partial charge is 0.101 e. The number of hydrogen-bond acceptors (Lipinski definition) is 0. The Morgan fingerprint density at radius 3 is 1.45 bits per heavy atom. The Hall–Kier alpha value is 0.430. The zero-order valence-electron chi connectivity index (χ0n) is 9.10. The molecule has 0 rings (SSSR count). The van der Waals surface area contributed by atoms with Crippen LogP contribution in [0.2, 0.25) is 0 Å². The van der Waals surface area contributed by atoms with Crippen molar-refractivity contribution in [1.82, 2.24) is 0 Å². The lowest BCUT2D eigenvalue weighted by Gasteiger charge is -2.35. The average molecular weight is 174 g/mol. The van der Waals surface area contributed by atoms with Gasteiger partial charge in [0, 0.05) is 0 Å². The van der Waals surface area contributed by atoms with Crippen LogP contribution >= 0.6 is 7.92 Å². The van der Waals surface area contributed by atoms with Crippen molar-refractivity contribution < 1.29 is 0 Å². The van der Waals surface area contributed by atoms with Gasteiger partial charge in [0.1, 0.15) is 0 Å². The molecule has 0 radical (unpaired) electrons. The van der Waals surface area contributed by atoms with Crippen LogP contribution < -0.4 is 0 Å². The highest BCUT2D eigenvalue weighted by molar-refractivity contribution is 7.59. The van der Waals surface area contributed by atoms with Crippen molar-refractivity contribution in [1.29, 1.82) is 0 Å².